The van der Waals surface area contributed by atoms with Gasteiger partial charge in [0.25, 0.3) is 0 Å². The average molecular weight is 196 g/mol. The van der Waals surface area contributed by atoms with Crippen LogP contribution < -0.4 is 5.73 Å². The van der Waals surface area contributed by atoms with Crippen molar-refractivity contribution in [1.82, 2.24) is 4.98 Å². The summed E-state index contributed by atoms with van der Waals surface area (Å²) in [6.45, 7) is 1.67. The van der Waals surface area contributed by atoms with Crippen molar-refractivity contribution < 1.29 is 9.47 Å². The number of methoxy groups -OCH3 is 1. The molecule has 0 radical (unpaired) electrons. The van der Waals surface area contributed by atoms with E-state index in [1.165, 1.54) is 0 Å². The molecule has 1 heterocycles. The van der Waals surface area contributed by atoms with Crippen LogP contribution in [0.3, 0.4) is 0 Å². The van der Waals surface area contributed by atoms with Gasteiger partial charge in [-0.15, -0.1) is 0 Å². The second kappa shape index (κ2) is 6.48. The first-order valence-corrected chi connectivity index (χ1v) is 4.56. The minimum absolute atomic E-state index is 0.111. The van der Waals surface area contributed by atoms with Crippen LogP contribution in [0.5, 0.6) is 0 Å². The minimum Gasteiger partial charge on any atom is -0.382 e. The quantitative estimate of drug-likeness (QED) is 0.682. The molecule has 0 aromatic carbocycles. The maximum atomic E-state index is 5.87. The SMILES string of the molecule is COCCOCC(N)c1cccnc1. The third-order valence-corrected chi connectivity index (χ3v) is 1.84. The molecule has 0 aliphatic rings. The van der Waals surface area contributed by atoms with Crippen molar-refractivity contribution in [2.24, 2.45) is 5.73 Å². The Hall–Kier alpha value is -0.970. The van der Waals surface area contributed by atoms with Crippen molar-refractivity contribution in [3.05, 3.63) is 30.1 Å². The number of nitrogens with zero attached hydrogens (tertiary/aromatic N) is 1. The predicted molar refractivity (Wildman–Crippen MR) is 53.9 cm³/mol. The molecule has 0 aliphatic carbocycles. The van der Waals surface area contributed by atoms with Gasteiger partial charge in [-0.3, -0.25) is 4.98 Å². The molecular formula is C10H16N2O2. The largest absolute Gasteiger partial charge is 0.382 e. The summed E-state index contributed by atoms with van der Waals surface area (Å²) in [7, 11) is 1.64. The van der Waals surface area contributed by atoms with Gasteiger partial charge in [-0.2, -0.15) is 0 Å². The second-order valence-corrected chi connectivity index (χ2v) is 2.96. The van der Waals surface area contributed by atoms with Crippen molar-refractivity contribution in [3.63, 3.8) is 0 Å². The zero-order chi connectivity index (χ0) is 10.2. The molecule has 2 N–H and O–H groups in total. The highest BCUT2D eigenvalue weighted by Gasteiger charge is 2.04. The van der Waals surface area contributed by atoms with Gasteiger partial charge in [0.1, 0.15) is 0 Å². The van der Waals surface area contributed by atoms with E-state index < -0.39 is 0 Å². The van der Waals surface area contributed by atoms with Crippen LogP contribution in [0, 0.1) is 0 Å². The van der Waals surface area contributed by atoms with Crippen LogP contribution in [0.1, 0.15) is 11.6 Å². The lowest BCUT2D eigenvalue weighted by atomic mass is 10.1. The van der Waals surface area contributed by atoms with Crippen molar-refractivity contribution in [2.75, 3.05) is 26.9 Å². The highest BCUT2D eigenvalue weighted by molar-refractivity contribution is 5.12. The fourth-order valence-corrected chi connectivity index (χ4v) is 1.04. The third-order valence-electron chi connectivity index (χ3n) is 1.84. The first kappa shape index (κ1) is 11.1. The lowest BCUT2D eigenvalue weighted by Gasteiger charge is -2.11. The molecule has 0 bridgehead atoms. The summed E-state index contributed by atoms with van der Waals surface area (Å²) in [6.07, 6.45) is 3.48. The predicted octanol–water partition coefficient (Wildman–Crippen LogP) is 0.744. The van der Waals surface area contributed by atoms with E-state index in [9.17, 15) is 0 Å². The highest BCUT2D eigenvalue weighted by atomic mass is 16.5. The van der Waals surface area contributed by atoms with E-state index in [1.54, 1.807) is 19.5 Å². The normalized spacial score (nSPS) is 12.7. The van der Waals surface area contributed by atoms with Gasteiger partial charge in [-0.25, -0.2) is 0 Å². The summed E-state index contributed by atoms with van der Waals surface area (Å²) in [5.41, 5.74) is 6.86. The number of aromatic nitrogens is 1. The summed E-state index contributed by atoms with van der Waals surface area (Å²) in [5, 5.41) is 0. The molecule has 78 valence electrons. The Bertz CT molecular complexity index is 241. The van der Waals surface area contributed by atoms with Crippen molar-refractivity contribution in [3.8, 4) is 0 Å². The molecule has 14 heavy (non-hydrogen) atoms. The Balaban J connectivity index is 2.25. The Labute approximate surface area is 84.0 Å². The Morgan fingerprint density at radius 1 is 1.50 bits per heavy atom. The molecule has 1 atom stereocenters. The second-order valence-electron chi connectivity index (χ2n) is 2.96. The average Bonchev–Trinajstić information content (AvgIpc) is 2.25. The molecule has 0 amide bonds. The van der Waals surface area contributed by atoms with Crippen molar-refractivity contribution in [2.45, 2.75) is 6.04 Å². The summed E-state index contributed by atoms with van der Waals surface area (Å²) in [5.74, 6) is 0. The van der Waals surface area contributed by atoms with Crippen LogP contribution in [0.4, 0.5) is 0 Å². The molecule has 0 saturated carbocycles. The number of ether oxygens (including phenoxy) is 2. The van der Waals surface area contributed by atoms with Crippen LogP contribution in [0.15, 0.2) is 24.5 Å². The smallest absolute Gasteiger partial charge is 0.0701 e. The fraction of sp³-hybridized carbons (Fsp3) is 0.500. The van der Waals surface area contributed by atoms with E-state index in [1.807, 2.05) is 12.1 Å². The number of pyridine rings is 1. The molecule has 1 rings (SSSR count). The van der Waals surface area contributed by atoms with Gasteiger partial charge in [0, 0.05) is 19.5 Å². The zero-order valence-electron chi connectivity index (χ0n) is 8.35. The molecule has 0 spiro atoms. The highest BCUT2D eigenvalue weighted by Crippen LogP contribution is 2.07. The maximum Gasteiger partial charge on any atom is 0.0701 e. The first-order valence-electron chi connectivity index (χ1n) is 4.56. The Morgan fingerprint density at radius 2 is 2.36 bits per heavy atom. The van der Waals surface area contributed by atoms with E-state index in [4.69, 9.17) is 15.2 Å². The molecule has 0 aliphatic heterocycles. The van der Waals surface area contributed by atoms with Crippen LogP contribution in [0.2, 0.25) is 0 Å². The molecular weight excluding hydrogens is 180 g/mol. The number of nitrogens with two attached hydrogens (primary N) is 1. The van der Waals surface area contributed by atoms with E-state index in [-0.39, 0.29) is 6.04 Å². The topological polar surface area (TPSA) is 57.4 Å². The number of rotatable bonds is 6. The Kier molecular flexibility index (Phi) is 5.14. The van der Waals surface area contributed by atoms with Crippen molar-refractivity contribution >= 4 is 0 Å². The third kappa shape index (κ3) is 3.83. The Morgan fingerprint density at radius 3 is 3.00 bits per heavy atom. The van der Waals surface area contributed by atoms with E-state index in [0.717, 1.165) is 5.56 Å². The number of hydrogen-bond acceptors (Lipinski definition) is 4. The van der Waals surface area contributed by atoms with Crippen molar-refractivity contribution in [1.29, 1.82) is 0 Å². The lowest BCUT2D eigenvalue weighted by molar-refractivity contribution is 0.0635. The molecule has 1 aromatic rings. The van der Waals surface area contributed by atoms with E-state index in [2.05, 4.69) is 4.98 Å². The standard InChI is InChI=1S/C10H16N2O2/c1-13-5-6-14-8-10(11)9-3-2-4-12-7-9/h2-4,7,10H,5-6,8,11H2,1H3. The van der Waals surface area contributed by atoms with Crippen LogP contribution in [-0.4, -0.2) is 31.9 Å². The monoisotopic (exact) mass is 196 g/mol. The lowest BCUT2D eigenvalue weighted by Crippen LogP contribution is -2.18. The summed E-state index contributed by atoms with van der Waals surface area (Å²) in [4.78, 5) is 3.99. The molecule has 4 heteroatoms. The van der Waals surface area contributed by atoms with Crippen LogP contribution in [-0.2, 0) is 9.47 Å². The van der Waals surface area contributed by atoms with Gasteiger partial charge in [-0.1, -0.05) is 6.07 Å². The van der Waals surface area contributed by atoms with Gasteiger partial charge in [0.15, 0.2) is 0 Å². The van der Waals surface area contributed by atoms with Gasteiger partial charge in [0.05, 0.1) is 25.9 Å². The maximum absolute atomic E-state index is 5.87. The molecule has 0 saturated heterocycles. The van der Waals surface area contributed by atoms with Gasteiger partial charge in [-0.05, 0) is 11.6 Å². The summed E-state index contributed by atoms with van der Waals surface area (Å²) >= 11 is 0. The molecule has 1 aromatic heterocycles. The van der Waals surface area contributed by atoms with Gasteiger partial charge in [0.2, 0.25) is 0 Å². The van der Waals surface area contributed by atoms with Gasteiger partial charge >= 0.3 is 0 Å². The molecule has 4 nitrogen and oxygen atoms in total. The first-order chi connectivity index (χ1) is 6.84. The molecule has 1 unspecified atom stereocenters. The molecule has 0 fully saturated rings. The minimum atomic E-state index is -0.111. The van der Waals surface area contributed by atoms with Crippen LogP contribution in [0.25, 0.3) is 0 Å². The zero-order valence-corrected chi connectivity index (χ0v) is 8.35. The van der Waals surface area contributed by atoms with Gasteiger partial charge < -0.3 is 15.2 Å². The fourth-order valence-electron chi connectivity index (χ4n) is 1.04. The summed E-state index contributed by atoms with van der Waals surface area (Å²) < 4.78 is 10.2. The summed E-state index contributed by atoms with van der Waals surface area (Å²) in [6, 6.07) is 3.70. The van der Waals surface area contributed by atoms with Crippen LogP contribution >= 0.6 is 0 Å². The van der Waals surface area contributed by atoms with E-state index in [0.29, 0.717) is 19.8 Å². The number of hydrogen-bond donors (Lipinski definition) is 1. The van der Waals surface area contributed by atoms with E-state index >= 15 is 0 Å².